The molecule has 0 aromatic heterocycles. The van der Waals surface area contributed by atoms with E-state index in [0.29, 0.717) is 6.54 Å². The number of rotatable bonds is 7. The Bertz CT molecular complexity index is 807. The number of nitrogens with one attached hydrogen (secondary N) is 1. The van der Waals surface area contributed by atoms with E-state index in [0.717, 1.165) is 16.7 Å². The van der Waals surface area contributed by atoms with E-state index in [1.165, 1.54) is 14.0 Å². The van der Waals surface area contributed by atoms with Crippen molar-refractivity contribution in [1.29, 1.82) is 0 Å². The first-order valence-electron chi connectivity index (χ1n) is 9.37. The van der Waals surface area contributed by atoms with Crippen LogP contribution in [-0.4, -0.2) is 60.8 Å². The van der Waals surface area contributed by atoms with Crippen molar-refractivity contribution < 1.29 is 19.4 Å². The smallest absolute Gasteiger partial charge is 0.246 e. The van der Waals surface area contributed by atoms with Crippen LogP contribution < -0.4 is 5.32 Å². The van der Waals surface area contributed by atoms with Crippen molar-refractivity contribution in [2.75, 3.05) is 26.9 Å². The van der Waals surface area contributed by atoms with Gasteiger partial charge in [-0.25, -0.2) is 0 Å². The highest BCUT2D eigenvalue weighted by molar-refractivity contribution is 5.78. The third-order valence-electron chi connectivity index (χ3n) is 5.28. The number of amides is 2. The number of methoxy groups -OCH3 is 1. The summed E-state index contributed by atoms with van der Waals surface area (Å²) in [4.78, 5) is 25.5. The first-order valence-corrected chi connectivity index (χ1v) is 9.37. The zero-order valence-corrected chi connectivity index (χ0v) is 16.2. The molecule has 6 heteroatoms. The highest BCUT2D eigenvalue weighted by Gasteiger charge is 2.49. The molecule has 2 aromatic carbocycles. The van der Waals surface area contributed by atoms with Gasteiger partial charge in [0.2, 0.25) is 11.8 Å². The molecule has 3 atom stereocenters. The zero-order chi connectivity index (χ0) is 20.1. The molecule has 1 saturated heterocycles. The van der Waals surface area contributed by atoms with Gasteiger partial charge in [0.05, 0.1) is 18.7 Å². The third-order valence-corrected chi connectivity index (χ3v) is 5.28. The Morgan fingerprint density at radius 3 is 2.25 bits per heavy atom. The van der Waals surface area contributed by atoms with Gasteiger partial charge in [0.1, 0.15) is 6.61 Å². The van der Waals surface area contributed by atoms with E-state index in [4.69, 9.17) is 4.74 Å². The van der Waals surface area contributed by atoms with Crippen molar-refractivity contribution in [2.45, 2.75) is 24.9 Å². The molecule has 0 bridgehead atoms. The summed E-state index contributed by atoms with van der Waals surface area (Å²) in [5.41, 5.74) is 3.29. The van der Waals surface area contributed by atoms with Gasteiger partial charge in [-0.05, 0) is 16.7 Å². The van der Waals surface area contributed by atoms with Gasteiger partial charge in [-0.1, -0.05) is 54.6 Å². The van der Waals surface area contributed by atoms with Gasteiger partial charge in [-0.15, -0.1) is 0 Å². The number of ether oxygens (including phenoxy) is 1. The molecular weight excluding hydrogens is 356 g/mol. The third kappa shape index (κ3) is 4.08. The van der Waals surface area contributed by atoms with Crippen LogP contribution in [-0.2, 0) is 14.3 Å². The van der Waals surface area contributed by atoms with Crippen LogP contribution in [0, 0.1) is 0 Å². The zero-order valence-electron chi connectivity index (χ0n) is 16.2. The number of hydrogen-bond donors (Lipinski definition) is 2. The van der Waals surface area contributed by atoms with E-state index in [9.17, 15) is 14.7 Å². The van der Waals surface area contributed by atoms with Crippen LogP contribution in [0.15, 0.2) is 54.6 Å². The molecule has 28 heavy (non-hydrogen) atoms. The molecule has 0 unspecified atom stereocenters. The predicted molar refractivity (Wildman–Crippen MR) is 107 cm³/mol. The van der Waals surface area contributed by atoms with Crippen molar-refractivity contribution in [3.8, 4) is 11.1 Å². The van der Waals surface area contributed by atoms with E-state index in [-0.39, 0.29) is 43.0 Å². The van der Waals surface area contributed by atoms with Gasteiger partial charge in [0, 0.05) is 26.5 Å². The van der Waals surface area contributed by atoms with Crippen LogP contribution in [0.2, 0.25) is 0 Å². The lowest BCUT2D eigenvalue weighted by Crippen LogP contribution is -2.68. The van der Waals surface area contributed by atoms with Crippen molar-refractivity contribution >= 4 is 11.8 Å². The fourth-order valence-electron chi connectivity index (χ4n) is 4.01. The Kier molecular flexibility index (Phi) is 6.44. The molecule has 148 valence electrons. The standard InChI is InChI=1S/C22H26N2O4/c1-15(26)24-19(12-23-21(27)14-28-2)22(20(24)13-25)18-10-8-17(9-11-18)16-6-4-3-5-7-16/h3-11,19-20,22,25H,12-14H2,1-2H3,(H,23,27)/t19-,20+,22-/m0/s1. The molecule has 0 spiro atoms. The summed E-state index contributed by atoms with van der Waals surface area (Å²) in [6.07, 6.45) is 0. The van der Waals surface area contributed by atoms with Gasteiger partial charge >= 0.3 is 0 Å². The minimum atomic E-state index is -0.288. The fraction of sp³-hybridized carbons (Fsp3) is 0.364. The predicted octanol–water partition coefficient (Wildman–Crippen LogP) is 1.79. The summed E-state index contributed by atoms with van der Waals surface area (Å²) in [5, 5.41) is 12.7. The van der Waals surface area contributed by atoms with Crippen LogP contribution in [0.5, 0.6) is 0 Å². The number of likely N-dealkylation sites (tertiary alicyclic amines) is 1. The van der Waals surface area contributed by atoms with Crippen molar-refractivity contribution in [1.82, 2.24) is 10.2 Å². The molecule has 2 aromatic rings. The lowest BCUT2D eigenvalue weighted by atomic mass is 9.74. The monoisotopic (exact) mass is 382 g/mol. The molecule has 1 heterocycles. The summed E-state index contributed by atoms with van der Waals surface area (Å²) in [6, 6.07) is 17.8. The highest BCUT2D eigenvalue weighted by Crippen LogP contribution is 2.41. The molecule has 0 saturated carbocycles. The Labute approximate surface area is 165 Å². The van der Waals surface area contributed by atoms with Crippen LogP contribution >= 0.6 is 0 Å². The topological polar surface area (TPSA) is 78.9 Å². The number of aliphatic hydroxyl groups is 1. The highest BCUT2D eigenvalue weighted by atomic mass is 16.5. The van der Waals surface area contributed by atoms with Crippen molar-refractivity contribution in [3.63, 3.8) is 0 Å². The van der Waals surface area contributed by atoms with E-state index >= 15 is 0 Å². The summed E-state index contributed by atoms with van der Waals surface area (Å²) >= 11 is 0. The number of hydrogen-bond acceptors (Lipinski definition) is 4. The minimum Gasteiger partial charge on any atom is -0.394 e. The Hall–Kier alpha value is -2.70. The number of carbonyl (C=O) groups excluding carboxylic acids is 2. The molecule has 3 rings (SSSR count). The quantitative estimate of drug-likeness (QED) is 0.765. The minimum absolute atomic E-state index is 0.0212. The average molecular weight is 382 g/mol. The molecule has 6 nitrogen and oxygen atoms in total. The van der Waals surface area contributed by atoms with Gasteiger partial charge in [-0.3, -0.25) is 9.59 Å². The molecule has 1 aliphatic heterocycles. The number of nitrogens with zero attached hydrogens (tertiary/aromatic N) is 1. The van der Waals surface area contributed by atoms with Gasteiger partial charge in [-0.2, -0.15) is 0 Å². The number of benzene rings is 2. The first kappa shape index (κ1) is 20.0. The largest absolute Gasteiger partial charge is 0.394 e. The van der Waals surface area contributed by atoms with Gasteiger partial charge in [0.15, 0.2) is 0 Å². The molecular formula is C22H26N2O4. The average Bonchev–Trinajstić information content (AvgIpc) is 2.68. The second-order valence-corrected chi connectivity index (χ2v) is 6.99. The van der Waals surface area contributed by atoms with E-state index < -0.39 is 0 Å². The van der Waals surface area contributed by atoms with Crippen LogP contribution in [0.25, 0.3) is 11.1 Å². The Balaban J connectivity index is 1.80. The maximum absolute atomic E-state index is 12.1. The molecule has 1 fully saturated rings. The molecule has 0 aliphatic carbocycles. The fourth-order valence-corrected chi connectivity index (χ4v) is 4.01. The van der Waals surface area contributed by atoms with E-state index in [1.54, 1.807) is 4.90 Å². The molecule has 2 amide bonds. The lowest BCUT2D eigenvalue weighted by molar-refractivity contribution is -0.148. The Morgan fingerprint density at radius 2 is 1.68 bits per heavy atom. The van der Waals surface area contributed by atoms with E-state index in [1.807, 2.05) is 30.3 Å². The number of aliphatic hydroxyl groups excluding tert-OH is 1. The number of carbonyl (C=O) groups is 2. The second kappa shape index (κ2) is 8.99. The maximum Gasteiger partial charge on any atom is 0.246 e. The molecule has 0 radical (unpaired) electrons. The summed E-state index contributed by atoms with van der Waals surface area (Å²) < 4.78 is 4.84. The van der Waals surface area contributed by atoms with Crippen LogP contribution in [0.4, 0.5) is 0 Å². The molecule has 2 N–H and O–H groups in total. The SMILES string of the molecule is COCC(=O)NC[C@H]1[C@H](c2ccc(-c3ccccc3)cc2)[C@@H](CO)N1C(C)=O. The van der Waals surface area contributed by atoms with E-state index in [2.05, 4.69) is 29.6 Å². The normalized spacial score (nSPS) is 21.1. The summed E-state index contributed by atoms with van der Waals surface area (Å²) in [7, 11) is 1.46. The second-order valence-electron chi connectivity index (χ2n) is 6.99. The lowest BCUT2D eigenvalue weighted by Gasteiger charge is -2.54. The Morgan fingerprint density at radius 1 is 1.04 bits per heavy atom. The van der Waals surface area contributed by atoms with Gasteiger partial charge in [0.25, 0.3) is 0 Å². The van der Waals surface area contributed by atoms with Crippen LogP contribution in [0.1, 0.15) is 18.4 Å². The first-order chi connectivity index (χ1) is 13.6. The molecule has 1 aliphatic rings. The summed E-state index contributed by atoms with van der Waals surface area (Å²) in [6.45, 7) is 1.67. The van der Waals surface area contributed by atoms with Gasteiger partial charge < -0.3 is 20.1 Å². The van der Waals surface area contributed by atoms with Crippen LogP contribution in [0.3, 0.4) is 0 Å². The maximum atomic E-state index is 12.1. The van der Waals surface area contributed by atoms with Crippen molar-refractivity contribution in [2.24, 2.45) is 0 Å². The van der Waals surface area contributed by atoms with Crippen molar-refractivity contribution in [3.05, 3.63) is 60.2 Å². The summed E-state index contributed by atoms with van der Waals surface area (Å²) in [5.74, 6) is -0.375.